The molecule has 102 valence electrons. The van der Waals surface area contributed by atoms with Crippen LogP contribution in [0.4, 0.5) is 0 Å². The second-order valence-corrected chi connectivity index (χ2v) is 5.28. The Morgan fingerprint density at radius 2 is 1.90 bits per heavy atom. The molecule has 2 aromatic carbocycles. The van der Waals surface area contributed by atoms with Crippen LogP contribution in [0, 0.1) is 0 Å². The molecule has 0 saturated carbocycles. The van der Waals surface area contributed by atoms with Gasteiger partial charge in [-0.2, -0.15) is 0 Å². The lowest BCUT2D eigenvalue weighted by Crippen LogP contribution is -2.32. The summed E-state index contributed by atoms with van der Waals surface area (Å²) in [4.78, 5) is 14.3. The van der Waals surface area contributed by atoms with Crippen molar-refractivity contribution >= 4 is 39.4 Å². The zero-order valence-electron chi connectivity index (χ0n) is 10.6. The van der Waals surface area contributed by atoms with Gasteiger partial charge in [-0.25, -0.2) is 4.79 Å². The van der Waals surface area contributed by atoms with Crippen molar-refractivity contribution in [2.75, 3.05) is 0 Å². The van der Waals surface area contributed by atoms with Gasteiger partial charge in [0.25, 0.3) is 0 Å². The Morgan fingerprint density at radius 3 is 2.60 bits per heavy atom. The lowest BCUT2D eigenvalue weighted by atomic mass is 9.95. The Hall–Kier alpha value is -2.04. The van der Waals surface area contributed by atoms with Crippen LogP contribution >= 0.6 is 11.6 Å². The third kappa shape index (κ3) is 1.69. The van der Waals surface area contributed by atoms with E-state index in [2.05, 4.69) is 4.98 Å². The molecule has 0 fully saturated rings. The number of aromatic amines is 1. The minimum Gasteiger partial charge on any atom is -0.479 e. The summed E-state index contributed by atoms with van der Waals surface area (Å²) in [5.41, 5.74) is -0.308. The van der Waals surface area contributed by atoms with Gasteiger partial charge in [0.1, 0.15) is 0 Å². The molecular formula is C15H12ClNO3. The molecule has 20 heavy (non-hydrogen) atoms. The predicted octanol–water partition coefficient (Wildman–Crippen LogP) is 3.27. The molecule has 0 bridgehead atoms. The minimum absolute atomic E-state index is 0.172. The predicted molar refractivity (Wildman–Crippen MR) is 78.0 cm³/mol. The Morgan fingerprint density at radius 1 is 1.20 bits per heavy atom. The maximum absolute atomic E-state index is 11.2. The number of H-pyrrole nitrogens is 1. The molecule has 0 radical (unpaired) electrons. The van der Waals surface area contributed by atoms with E-state index in [4.69, 9.17) is 16.7 Å². The molecule has 1 unspecified atom stereocenters. The van der Waals surface area contributed by atoms with Gasteiger partial charge in [-0.1, -0.05) is 41.9 Å². The van der Waals surface area contributed by atoms with E-state index in [1.54, 1.807) is 12.1 Å². The highest BCUT2D eigenvalue weighted by atomic mass is 35.5. The van der Waals surface area contributed by atoms with E-state index in [0.717, 1.165) is 16.3 Å². The quantitative estimate of drug-likeness (QED) is 0.678. The topological polar surface area (TPSA) is 73.3 Å². The van der Waals surface area contributed by atoms with Gasteiger partial charge in [-0.15, -0.1) is 0 Å². The summed E-state index contributed by atoms with van der Waals surface area (Å²) >= 11 is 6.29. The van der Waals surface area contributed by atoms with E-state index in [0.29, 0.717) is 5.52 Å². The van der Waals surface area contributed by atoms with Crippen molar-refractivity contribution in [1.29, 1.82) is 0 Å². The molecule has 3 N–H and O–H groups in total. The van der Waals surface area contributed by atoms with E-state index in [9.17, 15) is 9.90 Å². The number of carboxylic acid groups (broad SMARTS) is 1. The summed E-state index contributed by atoms with van der Waals surface area (Å²) < 4.78 is 0. The van der Waals surface area contributed by atoms with Crippen molar-refractivity contribution in [3.05, 3.63) is 47.0 Å². The number of halogens is 1. The molecule has 0 amide bonds. The van der Waals surface area contributed by atoms with Crippen LogP contribution < -0.4 is 0 Å². The second kappa shape index (κ2) is 4.23. The molecule has 3 aromatic rings. The van der Waals surface area contributed by atoms with E-state index in [1.807, 2.05) is 24.3 Å². The molecule has 0 spiro atoms. The molecule has 4 nitrogen and oxygen atoms in total. The number of hydrogen-bond acceptors (Lipinski definition) is 2. The fraction of sp³-hybridized carbons (Fsp3) is 0.133. The molecule has 1 heterocycles. The zero-order chi connectivity index (χ0) is 14.5. The fourth-order valence-corrected chi connectivity index (χ4v) is 2.77. The zero-order valence-corrected chi connectivity index (χ0v) is 11.4. The minimum atomic E-state index is -2.03. The van der Waals surface area contributed by atoms with E-state index < -0.39 is 11.6 Å². The lowest BCUT2D eigenvalue weighted by molar-refractivity contribution is -0.157. The highest BCUT2D eigenvalue weighted by Crippen LogP contribution is 2.36. The van der Waals surface area contributed by atoms with E-state index in [-0.39, 0.29) is 10.6 Å². The molecule has 3 rings (SSSR count). The van der Waals surface area contributed by atoms with Crippen molar-refractivity contribution in [3.8, 4) is 0 Å². The van der Waals surface area contributed by atoms with Crippen LogP contribution in [0.25, 0.3) is 21.8 Å². The number of nitrogens with one attached hydrogen (secondary N) is 1. The summed E-state index contributed by atoms with van der Waals surface area (Å²) in [5.74, 6) is -1.34. The smallest absolute Gasteiger partial charge is 0.340 e. The van der Waals surface area contributed by atoms with Gasteiger partial charge in [0.15, 0.2) is 5.60 Å². The number of aliphatic carboxylic acids is 1. The first kappa shape index (κ1) is 13.0. The number of benzene rings is 2. The summed E-state index contributed by atoms with van der Waals surface area (Å²) in [6.07, 6.45) is 0. The number of hydrogen-bond donors (Lipinski definition) is 3. The van der Waals surface area contributed by atoms with E-state index in [1.165, 1.54) is 6.92 Å². The van der Waals surface area contributed by atoms with Crippen molar-refractivity contribution in [2.24, 2.45) is 0 Å². The highest BCUT2D eigenvalue weighted by Gasteiger charge is 2.35. The molecule has 0 aliphatic carbocycles. The second-order valence-electron chi connectivity index (χ2n) is 4.90. The van der Waals surface area contributed by atoms with Crippen LogP contribution in [0.2, 0.25) is 5.02 Å². The molecule has 1 atom stereocenters. The Bertz CT molecular complexity index is 836. The monoisotopic (exact) mass is 289 g/mol. The number of aromatic nitrogens is 1. The fourth-order valence-electron chi connectivity index (χ4n) is 2.38. The average molecular weight is 290 g/mol. The Balaban J connectivity index is 2.37. The van der Waals surface area contributed by atoms with Gasteiger partial charge in [-0.05, 0) is 13.0 Å². The first-order valence-electron chi connectivity index (χ1n) is 6.08. The van der Waals surface area contributed by atoms with Crippen molar-refractivity contribution in [2.45, 2.75) is 12.5 Å². The van der Waals surface area contributed by atoms with Gasteiger partial charge in [0.2, 0.25) is 0 Å². The molecule has 0 aliphatic heterocycles. The number of aliphatic hydroxyl groups is 1. The van der Waals surface area contributed by atoms with Gasteiger partial charge < -0.3 is 15.2 Å². The van der Waals surface area contributed by atoms with Gasteiger partial charge in [-0.3, -0.25) is 0 Å². The van der Waals surface area contributed by atoms with Crippen LogP contribution in [-0.2, 0) is 10.4 Å². The van der Waals surface area contributed by atoms with Crippen LogP contribution in [0.3, 0.4) is 0 Å². The molecule has 5 heteroatoms. The van der Waals surface area contributed by atoms with Crippen LogP contribution in [0.1, 0.15) is 12.5 Å². The maximum Gasteiger partial charge on any atom is 0.340 e. The normalized spacial score (nSPS) is 14.6. The van der Waals surface area contributed by atoms with Crippen LogP contribution in [-0.4, -0.2) is 21.2 Å². The van der Waals surface area contributed by atoms with Crippen molar-refractivity contribution in [3.63, 3.8) is 0 Å². The van der Waals surface area contributed by atoms with Crippen LogP contribution in [0.15, 0.2) is 36.4 Å². The van der Waals surface area contributed by atoms with Crippen molar-refractivity contribution < 1.29 is 15.0 Å². The standard InChI is InChI=1S/C15H12ClNO3/c1-15(20,14(18)19)10-7-6-9-8-4-2-3-5-11(8)17-13(9)12(10)16/h2-7,17,20H,1H3,(H,18,19). The highest BCUT2D eigenvalue weighted by molar-refractivity contribution is 6.37. The third-order valence-electron chi connectivity index (χ3n) is 3.56. The maximum atomic E-state index is 11.2. The summed E-state index contributed by atoms with van der Waals surface area (Å²) in [5, 5.41) is 21.3. The summed E-state index contributed by atoms with van der Waals surface area (Å²) in [7, 11) is 0. The van der Waals surface area contributed by atoms with E-state index >= 15 is 0 Å². The first-order valence-corrected chi connectivity index (χ1v) is 6.46. The van der Waals surface area contributed by atoms with Gasteiger partial charge in [0, 0.05) is 21.9 Å². The Labute approximate surface area is 119 Å². The lowest BCUT2D eigenvalue weighted by Gasteiger charge is -2.19. The number of rotatable bonds is 2. The summed E-state index contributed by atoms with van der Waals surface area (Å²) in [6.45, 7) is 1.21. The summed E-state index contributed by atoms with van der Waals surface area (Å²) in [6, 6.07) is 11.0. The van der Waals surface area contributed by atoms with Crippen molar-refractivity contribution in [1.82, 2.24) is 4.98 Å². The van der Waals surface area contributed by atoms with Crippen LogP contribution in [0.5, 0.6) is 0 Å². The Kier molecular flexibility index (Phi) is 2.74. The molecule has 0 aliphatic rings. The number of carboxylic acids is 1. The first-order chi connectivity index (χ1) is 9.43. The number of para-hydroxylation sites is 1. The largest absolute Gasteiger partial charge is 0.479 e. The SMILES string of the molecule is CC(O)(C(=O)O)c1ccc2c([nH]c3ccccc32)c1Cl. The third-order valence-corrected chi connectivity index (χ3v) is 3.95. The number of fused-ring (bicyclic) bond motifs is 3. The average Bonchev–Trinajstić information content (AvgIpc) is 2.78. The molecular weight excluding hydrogens is 278 g/mol. The molecule has 0 saturated heterocycles. The van der Waals surface area contributed by atoms with Gasteiger partial charge >= 0.3 is 5.97 Å². The number of carbonyl (C=O) groups is 1. The molecule has 1 aromatic heterocycles. The van der Waals surface area contributed by atoms with Gasteiger partial charge in [0.05, 0.1) is 10.5 Å².